The Balaban J connectivity index is 2.98. The van der Waals surface area contributed by atoms with E-state index in [9.17, 15) is 0 Å². The van der Waals surface area contributed by atoms with E-state index in [4.69, 9.17) is 5.84 Å². The summed E-state index contributed by atoms with van der Waals surface area (Å²) in [7, 11) is 0. The SMILES string of the molecule is CCN=C(NN)c1cccc(Br)c1. The van der Waals surface area contributed by atoms with Crippen molar-refractivity contribution in [2.24, 2.45) is 10.8 Å². The zero-order valence-corrected chi connectivity index (χ0v) is 9.01. The molecule has 0 radical (unpaired) electrons. The summed E-state index contributed by atoms with van der Waals surface area (Å²) in [5.41, 5.74) is 3.56. The van der Waals surface area contributed by atoms with Gasteiger partial charge in [0.05, 0.1) is 0 Å². The molecule has 4 heteroatoms. The fraction of sp³-hybridized carbons (Fsp3) is 0.222. The van der Waals surface area contributed by atoms with Crippen molar-refractivity contribution in [1.82, 2.24) is 5.43 Å². The molecule has 0 spiro atoms. The van der Waals surface area contributed by atoms with Crippen molar-refractivity contribution in [3.05, 3.63) is 34.3 Å². The lowest BCUT2D eigenvalue weighted by Gasteiger charge is -2.05. The van der Waals surface area contributed by atoms with Gasteiger partial charge >= 0.3 is 0 Å². The molecule has 0 aliphatic heterocycles. The molecule has 0 amide bonds. The molecular weight excluding hydrogens is 230 g/mol. The molecule has 1 rings (SSSR count). The number of hydrogen-bond acceptors (Lipinski definition) is 2. The Hall–Kier alpha value is -0.870. The van der Waals surface area contributed by atoms with Crippen molar-refractivity contribution in [3.8, 4) is 0 Å². The molecule has 0 unspecified atom stereocenters. The second-order valence-corrected chi connectivity index (χ2v) is 3.39. The Bertz CT molecular complexity index is 309. The summed E-state index contributed by atoms with van der Waals surface area (Å²) < 4.78 is 1.02. The lowest BCUT2D eigenvalue weighted by atomic mass is 10.2. The number of nitrogens with one attached hydrogen (secondary N) is 1. The van der Waals surface area contributed by atoms with Crippen LogP contribution in [0.2, 0.25) is 0 Å². The monoisotopic (exact) mass is 241 g/mol. The van der Waals surface area contributed by atoms with Crippen molar-refractivity contribution < 1.29 is 0 Å². The molecule has 0 saturated heterocycles. The van der Waals surface area contributed by atoms with E-state index >= 15 is 0 Å². The molecule has 0 fully saturated rings. The summed E-state index contributed by atoms with van der Waals surface area (Å²) in [4.78, 5) is 4.21. The second kappa shape index (κ2) is 4.99. The average molecular weight is 242 g/mol. The summed E-state index contributed by atoms with van der Waals surface area (Å²) >= 11 is 3.39. The first-order valence-corrected chi connectivity index (χ1v) is 4.84. The molecule has 3 N–H and O–H groups in total. The zero-order valence-electron chi connectivity index (χ0n) is 7.42. The fourth-order valence-corrected chi connectivity index (χ4v) is 1.41. The summed E-state index contributed by atoms with van der Waals surface area (Å²) in [5.74, 6) is 6.06. The molecule has 1 aromatic carbocycles. The van der Waals surface area contributed by atoms with Gasteiger partial charge in [0, 0.05) is 16.6 Å². The average Bonchev–Trinajstić information content (AvgIpc) is 2.14. The first-order valence-electron chi connectivity index (χ1n) is 4.05. The van der Waals surface area contributed by atoms with Gasteiger partial charge in [-0.1, -0.05) is 28.1 Å². The second-order valence-electron chi connectivity index (χ2n) is 2.48. The summed E-state index contributed by atoms with van der Waals surface area (Å²) in [6.45, 7) is 2.68. The largest absolute Gasteiger partial charge is 0.308 e. The number of rotatable bonds is 2. The van der Waals surface area contributed by atoms with Crippen LogP contribution >= 0.6 is 15.9 Å². The molecule has 1 aromatic rings. The summed E-state index contributed by atoms with van der Waals surface area (Å²) in [6.07, 6.45) is 0. The molecular formula is C9H12BrN3. The van der Waals surface area contributed by atoms with E-state index in [1.165, 1.54) is 0 Å². The van der Waals surface area contributed by atoms with Gasteiger partial charge in [0.1, 0.15) is 5.84 Å². The minimum absolute atomic E-state index is 0.712. The maximum Gasteiger partial charge on any atom is 0.142 e. The summed E-state index contributed by atoms with van der Waals surface area (Å²) in [6, 6.07) is 7.83. The molecule has 0 atom stereocenters. The van der Waals surface area contributed by atoms with Gasteiger partial charge in [0.2, 0.25) is 0 Å². The van der Waals surface area contributed by atoms with Crippen LogP contribution in [0, 0.1) is 0 Å². The van der Waals surface area contributed by atoms with Gasteiger partial charge in [0.15, 0.2) is 0 Å². The maximum atomic E-state index is 5.34. The van der Waals surface area contributed by atoms with Crippen molar-refractivity contribution in [3.63, 3.8) is 0 Å². The van der Waals surface area contributed by atoms with Gasteiger partial charge in [-0.25, -0.2) is 5.84 Å². The van der Waals surface area contributed by atoms with E-state index in [1.54, 1.807) is 0 Å². The molecule has 3 nitrogen and oxygen atoms in total. The Morgan fingerprint density at radius 2 is 2.38 bits per heavy atom. The third-order valence-corrected chi connectivity index (χ3v) is 2.04. The predicted octanol–water partition coefficient (Wildman–Crippen LogP) is 1.68. The number of hydrazine groups is 1. The van der Waals surface area contributed by atoms with Gasteiger partial charge in [-0.3, -0.25) is 4.99 Å². The van der Waals surface area contributed by atoms with Crippen molar-refractivity contribution in [2.75, 3.05) is 6.54 Å². The van der Waals surface area contributed by atoms with Crippen molar-refractivity contribution >= 4 is 21.8 Å². The molecule has 0 heterocycles. The number of aliphatic imine (C=N–C) groups is 1. The van der Waals surface area contributed by atoms with Crippen molar-refractivity contribution in [2.45, 2.75) is 6.92 Å². The van der Waals surface area contributed by atoms with Crippen LogP contribution in [-0.2, 0) is 0 Å². The van der Waals surface area contributed by atoms with Crippen LogP contribution in [0.15, 0.2) is 33.7 Å². The first kappa shape index (κ1) is 10.2. The third kappa shape index (κ3) is 2.82. The topological polar surface area (TPSA) is 50.4 Å². The Morgan fingerprint density at radius 3 is 2.92 bits per heavy atom. The fourth-order valence-electron chi connectivity index (χ4n) is 1.01. The lowest BCUT2D eigenvalue weighted by molar-refractivity contribution is 0.991. The first-order chi connectivity index (χ1) is 6.27. The zero-order chi connectivity index (χ0) is 9.68. The molecule has 0 aromatic heterocycles. The Labute approximate surface area is 86.1 Å². The number of benzene rings is 1. The van der Waals surface area contributed by atoms with Crippen LogP contribution in [-0.4, -0.2) is 12.4 Å². The van der Waals surface area contributed by atoms with Gasteiger partial charge < -0.3 is 5.43 Å². The van der Waals surface area contributed by atoms with Crippen LogP contribution in [0.1, 0.15) is 12.5 Å². The number of nitrogens with two attached hydrogens (primary N) is 1. The van der Waals surface area contributed by atoms with Crippen LogP contribution in [0.3, 0.4) is 0 Å². The van der Waals surface area contributed by atoms with E-state index in [-0.39, 0.29) is 0 Å². The highest BCUT2D eigenvalue weighted by Gasteiger charge is 1.99. The highest BCUT2D eigenvalue weighted by atomic mass is 79.9. The van der Waals surface area contributed by atoms with E-state index in [0.717, 1.165) is 10.0 Å². The summed E-state index contributed by atoms with van der Waals surface area (Å²) in [5, 5.41) is 0. The molecule has 0 saturated carbocycles. The number of nitrogens with zero attached hydrogens (tertiary/aromatic N) is 1. The van der Waals surface area contributed by atoms with Gasteiger partial charge in [0.25, 0.3) is 0 Å². The van der Waals surface area contributed by atoms with Crippen molar-refractivity contribution in [1.29, 1.82) is 0 Å². The predicted molar refractivity (Wildman–Crippen MR) is 58.5 cm³/mol. The quantitative estimate of drug-likeness (QED) is 0.359. The molecule has 0 aliphatic rings. The van der Waals surface area contributed by atoms with Crippen LogP contribution in [0.25, 0.3) is 0 Å². The lowest BCUT2D eigenvalue weighted by Crippen LogP contribution is -2.31. The van der Waals surface area contributed by atoms with E-state index in [1.807, 2.05) is 31.2 Å². The van der Waals surface area contributed by atoms with Gasteiger partial charge in [-0.2, -0.15) is 0 Å². The van der Waals surface area contributed by atoms with Crippen LogP contribution < -0.4 is 11.3 Å². The number of hydrogen-bond donors (Lipinski definition) is 2. The molecule has 13 heavy (non-hydrogen) atoms. The van der Waals surface area contributed by atoms with Crippen LogP contribution in [0.5, 0.6) is 0 Å². The Kier molecular flexibility index (Phi) is 3.92. The highest BCUT2D eigenvalue weighted by Crippen LogP contribution is 2.11. The number of halogens is 1. The van der Waals surface area contributed by atoms with E-state index in [0.29, 0.717) is 12.4 Å². The maximum absolute atomic E-state index is 5.34. The van der Waals surface area contributed by atoms with E-state index in [2.05, 4.69) is 26.3 Å². The van der Waals surface area contributed by atoms with E-state index < -0.39 is 0 Å². The van der Waals surface area contributed by atoms with Gasteiger partial charge in [-0.15, -0.1) is 0 Å². The molecule has 70 valence electrons. The number of amidine groups is 1. The normalized spacial score (nSPS) is 11.5. The highest BCUT2D eigenvalue weighted by molar-refractivity contribution is 9.10. The Morgan fingerprint density at radius 1 is 1.62 bits per heavy atom. The minimum Gasteiger partial charge on any atom is -0.308 e. The molecule has 0 bridgehead atoms. The standard InChI is InChI=1S/C9H12BrN3/c1-2-12-9(13-11)7-4-3-5-8(10)6-7/h3-6H,2,11H2,1H3,(H,12,13). The van der Waals surface area contributed by atoms with Gasteiger partial charge in [-0.05, 0) is 19.1 Å². The molecule has 0 aliphatic carbocycles. The third-order valence-electron chi connectivity index (χ3n) is 1.55. The smallest absolute Gasteiger partial charge is 0.142 e. The van der Waals surface area contributed by atoms with Crippen LogP contribution in [0.4, 0.5) is 0 Å². The minimum atomic E-state index is 0.712.